The minimum absolute atomic E-state index is 0.123. The summed E-state index contributed by atoms with van der Waals surface area (Å²) in [7, 11) is 0. The molecule has 1 amide bonds. The summed E-state index contributed by atoms with van der Waals surface area (Å²) in [6.07, 6.45) is -1.55. The Labute approximate surface area is 174 Å². The van der Waals surface area contributed by atoms with Gasteiger partial charge in [-0.25, -0.2) is 0 Å². The van der Waals surface area contributed by atoms with E-state index < -0.39 is 42.6 Å². The van der Waals surface area contributed by atoms with Crippen LogP contribution in [0.1, 0.15) is 25.0 Å². The van der Waals surface area contributed by atoms with E-state index in [4.69, 9.17) is 28.4 Å². The highest BCUT2D eigenvalue weighted by Gasteiger charge is 2.58. The minimum atomic E-state index is -1.42. The monoisotopic (exact) mass is 419 g/mol. The number of carbonyl (C=O) groups is 2. The maximum Gasteiger partial charge on any atom is 0.313 e. The molecule has 0 unspecified atom stereocenters. The highest BCUT2D eigenvalue weighted by atomic mass is 16.9. The molecule has 0 bridgehead atoms. The van der Waals surface area contributed by atoms with E-state index in [2.05, 4.69) is 11.9 Å². The van der Waals surface area contributed by atoms with Gasteiger partial charge in [0.25, 0.3) is 0 Å². The lowest BCUT2D eigenvalue weighted by molar-refractivity contribution is -0.461. The van der Waals surface area contributed by atoms with E-state index >= 15 is 0 Å². The molecule has 1 aromatic rings. The molecule has 2 fully saturated rings. The van der Waals surface area contributed by atoms with Crippen LogP contribution in [0.2, 0.25) is 0 Å². The van der Waals surface area contributed by atoms with E-state index in [-0.39, 0.29) is 19.1 Å². The van der Waals surface area contributed by atoms with Crippen molar-refractivity contribution in [3.8, 4) is 0 Å². The first-order valence-corrected chi connectivity index (χ1v) is 9.80. The molecule has 0 radical (unpaired) electrons. The predicted molar refractivity (Wildman–Crippen MR) is 102 cm³/mol. The van der Waals surface area contributed by atoms with Crippen molar-refractivity contribution in [1.82, 2.24) is 5.32 Å². The molecule has 2 saturated heterocycles. The van der Waals surface area contributed by atoms with Gasteiger partial charge in [-0.05, 0) is 5.56 Å². The van der Waals surface area contributed by atoms with Crippen molar-refractivity contribution >= 4 is 11.9 Å². The topological polar surface area (TPSA) is 102 Å². The SMILES string of the molecule is C=CCO[C@H]1O[C@@H]2CO[C@]3(OCc4ccccc43)O[C@H]2[C@H](OC(C)=O)[C@H]1NC(C)=O. The molecule has 1 N–H and O–H groups in total. The number of hydrogen-bond acceptors (Lipinski definition) is 8. The second-order valence-electron chi connectivity index (χ2n) is 7.36. The van der Waals surface area contributed by atoms with Crippen LogP contribution in [0.4, 0.5) is 0 Å². The van der Waals surface area contributed by atoms with E-state index in [1.807, 2.05) is 24.3 Å². The van der Waals surface area contributed by atoms with E-state index in [1.165, 1.54) is 13.8 Å². The Hall–Kier alpha value is -2.30. The Balaban J connectivity index is 1.66. The molecule has 162 valence electrons. The van der Waals surface area contributed by atoms with Crippen LogP contribution >= 0.6 is 0 Å². The third-order valence-electron chi connectivity index (χ3n) is 5.19. The molecule has 1 spiro atoms. The molecule has 9 nitrogen and oxygen atoms in total. The van der Waals surface area contributed by atoms with Crippen LogP contribution in [0, 0.1) is 0 Å². The van der Waals surface area contributed by atoms with Crippen LogP contribution in [-0.2, 0) is 50.6 Å². The summed E-state index contributed by atoms with van der Waals surface area (Å²) in [5, 5.41) is 2.77. The average molecular weight is 419 g/mol. The Morgan fingerprint density at radius 3 is 2.83 bits per heavy atom. The molecule has 6 atom stereocenters. The molecule has 9 heteroatoms. The van der Waals surface area contributed by atoms with E-state index in [9.17, 15) is 9.59 Å². The quantitative estimate of drug-likeness (QED) is 0.560. The number of fused-ring (bicyclic) bond motifs is 3. The number of rotatable bonds is 5. The number of amides is 1. The number of benzene rings is 1. The van der Waals surface area contributed by atoms with Gasteiger partial charge in [0.2, 0.25) is 5.91 Å². The van der Waals surface area contributed by atoms with Gasteiger partial charge in [-0.3, -0.25) is 9.59 Å². The Bertz CT molecular complexity index is 829. The van der Waals surface area contributed by atoms with Crippen LogP contribution in [0.5, 0.6) is 0 Å². The van der Waals surface area contributed by atoms with Crippen LogP contribution in [0.15, 0.2) is 36.9 Å². The summed E-state index contributed by atoms with van der Waals surface area (Å²) in [6, 6.07) is 6.79. The van der Waals surface area contributed by atoms with Crippen molar-refractivity contribution in [1.29, 1.82) is 0 Å². The highest BCUT2D eigenvalue weighted by Crippen LogP contribution is 2.45. The third-order valence-corrected chi connectivity index (χ3v) is 5.19. The molecule has 0 aromatic heterocycles. The Morgan fingerprint density at radius 2 is 2.10 bits per heavy atom. The number of carbonyl (C=O) groups excluding carboxylic acids is 2. The largest absolute Gasteiger partial charge is 0.457 e. The molecule has 0 aliphatic carbocycles. The second-order valence-corrected chi connectivity index (χ2v) is 7.36. The van der Waals surface area contributed by atoms with Gasteiger partial charge in [-0.15, -0.1) is 6.58 Å². The summed E-state index contributed by atoms with van der Waals surface area (Å²) in [5.74, 6) is -2.26. The van der Waals surface area contributed by atoms with Crippen LogP contribution in [0.3, 0.4) is 0 Å². The fraction of sp³-hybridized carbons (Fsp3) is 0.524. The van der Waals surface area contributed by atoms with Gasteiger partial charge in [-0.1, -0.05) is 30.3 Å². The van der Waals surface area contributed by atoms with Crippen LogP contribution in [0.25, 0.3) is 0 Å². The smallest absolute Gasteiger partial charge is 0.313 e. The number of esters is 1. The van der Waals surface area contributed by atoms with Gasteiger partial charge in [0.15, 0.2) is 12.4 Å². The first kappa shape index (κ1) is 21.0. The normalized spacial score (nSPS) is 34.7. The number of hydrogen-bond donors (Lipinski definition) is 1. The molecule has 4 rings (SSSR count). The van der Waals surface area contributed by atoms with Crippen molar-refractivity contribution in [2.75, 3.05) is 13.2 Å². The van der Waals surface area contributed by atoms with Gasteiger partial charge < -0.3 is 33.7 Å². The van der Waals surface area contributed by atoms with Crippen molar-refractivity contribution < 1.29 is 38.0 Å². The summed E-state index contributed by atoms with van der Waals surface area (Å²) >= 11 is 0. The zero-order chi connectivity index (χ0) is 21.3. The lowest BCUT2D eigenvalue weighted by Gasteiger charge is -2.50. The van der Waals surface area contributed by atoms with E-state index in [0.29, 0.717) is 6.61 Å². The second kappa shape index (κ2) is 8.44. The summed E-state index contributed by atoms with van der Waals surface area (Å²) in [4.78, 5) is 23.8. The minimum Gasteiger partial charge on any atom is -0.457 e. The molecule has 30 heavy (non-hydrogen) atoms. The van der Waals surface area contributed by atoms with E-state index in [0.717, 1.165) is 11.1 Å². The fourth-order valence-electron chi connectivity index (χ4n) is 4.02. The van der Waals surface area contributed by atoms with Gasteiger partial charge >= 0.3 is 11.9 Å². The molecule has 3 aliphatic rings. The lowest BCUT2D eigenvalue weighted by atomic mass is 9.94. The van der Waals surface area contributed by atoms with Gasteiger partial charge in [0.1, 0.15) is 18.2 Å². The average Bonchev–Trinajstić information content (AvgIpc) is 3.06. The zero-order valence-electron chi connectivity index (χ0n) is 16.9. The maximum atomic E-state index is 11.9. The summed E-state index contributed by atoms with van der Waals surface area (Å²) in [6.45, 7) is 6.93. The lowest BCUT2D eigenvalue weighted by Crippen LogP contribution is -2.69. The number of ether oxygens (including phenoxy) is 6. The number of nitrogens with one attached hydrogen (secondary N) is 1. The van der Waals surface area contributed by atoms with Gasteiger partial charge in [0, 0.05) is 19.4 Å². The summed E-state index contributed by atoms with van der Waals surface area (Å²) in [5.41, 5.74) is 1.70. The Kier molecular flexibility index (Phi) is 5.90. The van der Waals surface area contributed by atoms with Crippen molar-refractivity contribution in [3.63, 3.8) is 0 Å². The molecular formula is C21H25NO8. The fourth-order valence-corrected chi connectivity index (χ4v) is 4.02. The Morgan fingerprint density at radius 1 is 1.30 bits per heavy atom. The molecule has 3 aliphatic heterocycles. The zero-order valence-corrected chi connectivity index (χ0v) is 16.9. The summed E-state index contributed by atoms with van der Waals surface area (Å²) < 4.78 is 35.4. The van der Waals surface area contributed by atoms with Crippen LogP contribution in [-0.4, -0.2) is 55.7 Å². The van der Waals surface area contributed by atoms with Gasteiger partial charge in [0.05, 0.1) is 19.8 Å². The molecule has 3 heterocycles. The first-order valence-electron chi connectivity index (χ1n) is 9.80. The van der Waals surface area contributed by atoms with Crippen molar-refractivity contribution in [2.24, 2.45) is 0 Å². The standard InChI is InChI=1S/C21H25NO8/c1-4-9-25-20-17(22-12(2)23)19(28-13(3)24)18-16(29-20)11-27-21(30-18)15-8-6-5-7-14(15)10-26-21/h4-8,16-20H,1,9-11H2,2-3H3,(H,22,23)/t16-,17-,18-,19-,20+,21+/m1/s1. The predicted octanol–water partition coefficient (Wildman–Crippen LogP) is 1.11. The van der Waals surface area contributed by atoms with Crippen LogP contribution < -0.4 is 5.32 Å². The third kappa shape index (κ3) is 3.86. The van der Waals surface area contributed by atoms with E-state index in [1.54, 1.807) is 6.08 Å². The maximum absolute atomic E-state index is 11.9. The molecule has 0 saturated carbocycles. The van der Waals surface area contributed by atoms with Crippen molar-refractivity contribution in [2.45, 2.75) is 57.1 Å². The highest BCUT2D eigenvalue weighted by molar-refractivity contribution is 5.73. The first-order chi connectivity index (χ1) is 14.4. The molecule has 1 aromatic carbocycles. The van der Waals surface area contributed by atoms with Crippen molar-refractivity contribution in [3.05, 3.63) is 48.0 Å². The van der Waals surface area contributed by atoms with Gasteiger partial charge in [-0.2, -0.15) is 0 Å². The molecular weight excluding hydrogens is 394 g/mol.